The third kappa shape index (κ3) is 2.57. The van der Waals surface area contributed by atoms with Gasteiger partial charge in [0.1, 0.15) is 12.0 Å². The first-order valence-corrected chi connectivity index (χ1v) is 7.99. The minimum Gasteiger partial charge on any atom is -0.772 e. The quantitative estimate of drug-likeness (QED) is 0.597. The van der Waals surface area contributed by atoms with Crippen molar-refractivity contribution >= 4 is 17.4 Å². The van der Waals surface area contributed by atoms with Crippen LogP contribution in [0.25, 0.3) is 11.3 Å². The van der Waals surface area contributed by atoms with Crippen LogP contribution in [0.1, 0.15) is 24.0 Å². The maximum atomic E-state index is 11.3. The van der Waals surface area contributed by atoms with Crippen molar-refractivity contribution in [1.29, 1.82) is 0 Å². The molecule has 0 N–H and O–H groups in total. The molecule has 1 aromatic heterocycles. The van der Waals surface area contributed by atoms with Crippen LogP contribution in [0.3, 0.4) is 0 Å². The Morgan fingerprint density at radius 2 is 2.27 bits per heavy atom. The maximum absolute atomic E-state index is 11.3. The number of carbonyl (C=O) groups excluding carboxylic acids is 1. The van der Waals surface area contributed by atoms with Crippen LogP contribution < -0.4 is 4.74 Å². The fourth-order valence-corrected chi connectivity index (χ4v) is 3.03. The Kier molecular flexibility index (Phi) is 3.84. The molecule has 116 valence electrons. The fraction of sp³-hybridized carbons (Fsp3) is 0.333. The van der Waals surface area contributed by atoms with Crippen LogP contribution in [0.5, 0.6) is 5.75 Å². The highest BCUT2D eigenvalue weighted by Gasteiger charge is 2.47. The summed E-state index contributed by atoms with van der Waals surface area (Å²) in [7, 11) is 1.48. The first-order chi connectivity index (χ1) is 10.6. The highest BCUT2D eigenvalue weighted by Crippen LogP contribution is 2.49. The Morgan fingerprint density at radius 1 is 1.50 bits per heavy atom. The molecule has 22 heavy (non-hydrogen) atoms. The zero-order chi connectivity index (χ0) is 15.7. The smallest absolute Gasteiger partial charge is 0.171 e. The molecule has 3 rings (SSSR count). The molecule has 0 radical (unpaired) electrons. The van der Waals surface area contributed by atoms with Gasteiger partial charge >= 0.3 is 0 Å². The van der Waals surface area contributed by atoms with Crippen LogP contribution in [0.2, 0.25) is 0 Å². The Morgan fingerprint density at radius 3 is 2.86 bits per heavy atom. The van der Waals surface area contributed by atoms with Gasteiger partial charge in [-0.05, 0) is 31.0 Å². The largest absolute Gasteiger partial charge is 0.772 e. The number of aldehydes is 1. The molecular formula is C15H14NO5S-. The van der Waals surface area contributed by atoms with Crippen LogP contribution in [0, 0.1) is 0 Å². The van der Waals surface area contributed by atoms with Crippen molar-refractivity contribution in [3.63, 3.8) is 0 Å². The van der Waals surface area contributed by atoms with Gasteiger partial charge in [0.25, 0.3) is 0 Å². The molecule has 0 amide bonds. The topological polar surface area (TPSA) is 92.5 Å². The molecule has 1 heterocycles. The lowest BCUT2D eigenvalue weighted by Gasteiger charge is -2.12. The molecule has 0 aliphatic heterocycles. The van der Waals surface area contributed by atoms with E-state index in [4.69, 9.17) is 9.26 Å². The van der Waals surface area contributed by atoms with Gasteiger partial charge in [-0.3, -0.25) is 4.21 Å². The van der Waals surface area contributed by atoms with Crippen molar-refractivity contribution in [3.05, 3.63) is 35.5 Å². The molecule has 1 atom stereocenters. The lowest BCUT2D eigenvalue weighted by molar-refractivity contribution is -0.109. The van der Waals surface area contributed by atoms with E-state index in [2.05, 4.69) is 5.16 Å². The van der Waals surface area contributed by atoms with Gasteiger partial charge in [0.05, 0.1) is 18.7 Å². The first-order valence-electron chi connectivity index (χ1n) is 6.74. The molecular weight excluding hydrogens is 306 g/mol. The molecule has 1 aromatic carbocycles. The van der Waals surface area contributed by atoms with Crippen LogP contribution in [-0.2, 0) is 27.0 Å². The van der Waals surface area contributed by atoms with Crippen molar-refractivity contribution in [3.8, 4) is 17.1 Å². The summed E-state index contributed by atoms with van der Waals surface area (Å²) in [6, 6.07) is 5.14. The number of nitrogens with zero attached hydrogens (tertiary/aromatic N) is 1. The summed E-state index contributed by atoms with van der Waals surface area (Å²) in [5, 5.41) is 3.80. The minimum atomic E-state index is -2.23. The van der Waals surface area contributed by atoms with Gasteiger partial charge in [-0.2, -0.15) is 0 Å². The fourth-order valence-electron chi connectivity index (χ4n) is 2.55. The molecule has 1 fully saturated rings. The molecule has 7 heteroatoms. The lowest BCUT2D eigenvalue weighted by Crippen LogP contribution is -2.07. The second-order valence-electron chi connectivity index (χ2n) is 5.32. The summed E-state index contributed by atoms with van der Waals surface area (Å²) < 4.78 is 32.4. The number of benzene rings is 1. The number of methoxy groups -OCH3 is 1. The van der Waals surface area contributed by atoms with E-state index in [0.717, 1.165) is 24.7 Å². The zero-order valence-electron chi connectivity index (χ0n) is 11.9. The van der Waals surface area contributed by atoms with Gasteiger partial charge in [-0.1, -0.05) is 16.2 Å². The van der Waals surface area contributed by atoms with Crippen molar-refractivity contribution in [2.24, 2.45) is 0 Å². The SMILES string of the molecule is COc1ccc(-c2oncc2C2(C=O)CC2)cc1CS(=O)[O-]. The van der Waals surface area contributed by atoms with E-state index < -0.39 is 16.5 Å². The van der Waals surface area contributed by atoms with Crippen LogP contribution in [-0.4, -0.2) is 27.3 Å². The summed E-state index contributed by atoms with van der Waals surface area (Å²) in [6.07, 6.45) is 4.04. The van der Waals surface area contributed by atoms with E-state index in [-0.39, 0.29) is 5.75 Å². The maximum Gasteiger partial charge on any atom is 0.171 e. The number of rotatable bonds is 6. The highest BCUT2D eigenvalue weighted by molar-refractivity contribution is 7.78. The van der Waals surface area contributed by atoms with Crippen molar-refractivity contribution in [2.45, 2.75) is 24.0 Å². The number of aromatic nitrogens is 1. The van der Waals surface area contributed by atoms with Crippen molar-refractivity contribution in [2.75, 3.05) is 7.11 Å². The second kappa shape index (κ2) is 5.66. The molecule has 1 saturated carbocycles. The number of ether oxygens (including phenoxy) is 1. The summed E-state index contributed by atoms with van der Waals surface area (Å²) >= 11 is -2.23. The normalized spacial score (nSPS) is 17.0. The van der Waals surface area contributed by atoms with Gasteiger partial charge in [0, 0.05) is 22.4 Å². The second-order valence-corrected chi connectivity index (χ2v) is 6.21. The average molecular weight is 320 g/mol. The molecule has 0 saturated heterocycles. The minimum absolute atomic E-state index is 0.153. The van der Waals surface area contributed by atoms with Gasteiger partial charge in [0.2, 0.25) is 0 Å². The third-order valence-electron chi connectivity index (χ3n) is 3.94. The van der Waals surface area contributed by atoms with Gasteiger partial charge in [-0.25, -0.2) is 0 Å². The van der Waals surface area contributed by atoms with Crippen LogP contribution >= 0.6 is 0 Å². The van der Waals surface area contributed by atoms with E-state index in [9.17, 15) is 13.6 Å². The van der Waals surface area contributed by atoms with Crippen molar-refractivity contribution < 1.29 is 22.8 Å². The van der Waals surface area contributed by atoms with E-state index in [1.165, 1.54) is 7.11 Å². The Labute approximate surface area is 129 Å². The summed E-state index contributed by atoms with van der Waals surface area (Å²) in [5.41, 5.74) is 1.46. The van der Waals surface area contributed by atoms with Crippen LogP contribution in [0.4, 0.5) is 0 Å². The predicted octanol–water partition coefficient (Wildman–Crippen LogP) is 1.96. The molecule has 0 bridgehead atoms. The molecule has 1 aliphatic rings. The van der Waals surface area contributed by atoms with E-state index in [1.54, 1.807) is 24.4 Å². The Hall–Kier alpha value is -1.99. The summed E-state index contributed by atoms with van der Waals surface area (Å²) in [5.74, 6) is 0.843. The van der Waals surface area contributed by atoms with Gasteiger partial charge in [-0.15, -0.1) is 0 Å². The molecule has 1 unspecified atom stereocenters. The molecule has 2 aromatic rings. The predicted molar refractivity (Wildman–Crippen MR) is 78.1 cm³/mol. The van der Waals surface area contributed by atoms with E-state index in [1.807, 2.05) is 0 Å². The van der Waals surface area contributed by atoms with Gasteiger partial charge < -0.3 is 18.6 Å². The number of hydrogen-bond acceptors (Lipinski definition) is 6. The summed E-state index contributed by atoms with van der Waals surface area (Å²) in [6.45, 7) is 0. The zero-order valence-corrected chi connectivity index (χ0v) is 12.7. The Bertz CT molecular complexity index is 735. The summed E-state index contributed by atoms with van der Waals surface area (Å²) in [4.78, 5) is 11.3. The number of carbonyl (C=O) groups is 1. The van der Waals surface area contributed by atoms with Crippen LogP contribution in [0.15, 0.2) is 28.9 Å². The standard InChI is InChI=1S/C15H15NO5S/c1-20-13-3-2-10(6-11(13)8-22(18)19)14-12(7-16-21-14)15(9-17)4-5-15/h2-3,6-7,9H,4-5,8H2,1H3,(H,18,19)/p-1. The lowest BCUT2D eigenvalue weighted by atomic mass is 9.95. The highest BCUT2D eigenvalue weighted by atomic mass is 32.2. The molecule has 6 nitrogen and oxygen atoms in total. The average Bonchev–Trinajstić information content (AvgIpc) is 3.15. The van der Waals surface area contributed by atoms with E-state index in [0.29, 0.717) is 22.6 Å². The molecule has 1 aliphatic carbocycles. The monoisotopic (exact) mass is 320 g/mol. The Balaban J connectivity index is 2.04. The number of hydrogen-bond donors (Lipinski definition) is 0. The molecule has 0 spiro atoms. The van der Waals surface area contributed by atoms with Gasteiger partial charge in [0.15, 0.2) is 5.76 Å². The first kappa shape index (κ1) is 14.9. The third-order valence-corrected chi connectivity index (χ3v) is 4.48. The van der Waals surface area contributed by atoms with E-state index >= 15 is 0 Å². The van der Waals surface area contributed by atoms with Crippen molar-refractivity contribution in [1.82, 2.24) is 5.16 Å².